The van der Waals surface area contributed by atoms with Gasteiger partial charge in [-0.3, -0.25) is 4.79 Å². The Morgan fingerprint density at radius 2 is 1.90 bits per heavy atom. The standard InChI is InChI=1S/C19H28O2/c1-13(2)17-10-5-14(3)11-18(17)19(20)12-15-6-8-16(21-4)9-7-15/h6-9,13-14,17-18H,5,10-12H2,1-4H3. The van der Waals surface area contributed by atoms with Gasteiger partial charge in [-0.15, -0.1) is 0 Å². The van der Waals surface area contributed by atoms with Crippen LogP contribution in [0.25, 0.3) is 0 Å². The van der Waals surface area contributed by atoms with Crippen LogP contribution in [-0.2, 0) is 11.2 Å². The number of hydrogen-bond acceptors (Lipinski definition) is 2. The summed E-state index contributed by atoms with van der Waals surface area (Å²) in [6.45, 7) is 6.80. The molecule has 21 heavy (non-hydrogen) atoms. The third-order valence-electron chi connectivity index (χ3n) is 4.97. The molecule has 1 saturated carbocycles. The minimum Gasteiger partial charge on any atom is -0.497 e. The van der Waals surface area contributed by atoms with Crippen LogP contribution in [0, 0.1) is 23.7 Å². The van der Waals surface area contributed by atoms with Crippen molar-refractivity contribution in [1.82, 2.24) is 0 Å². The van der Waals surface area contributed by atoms with Crippen molar-refractivity contribution >= 4 is 5.78 Å². The number of ketones is 1. The fraction of sp³-hybridized carbons (Fsp3) is 0.632. The third kappa shape index (κ3) is 4.09. The monoisotopic (exact) mass is 288 g/mol. The second-order valence-corrected chi connectivity index (χ2v) is 6.92. The van der Waals surface area contributed by atoms with Crippen LogP contribution in [0.4, 0.5) is 0 Å². The Labute approximate surface area is 128 Å². The highest BCUT2D eigenvalue weighted by atomic mass is 16.5. The van der Waals surface area contributed by atoms with Gasteiger partial charge in [0.15, 0.2) is 0 Å². The minimum atomic E-state index is 0.246. The first-order chi connectivity index (χ1) is 10.0. The molecule has 1 aliphatic carbocycles. The van der Waals surface area contributed by atoms with E-state index in [0.29, 0.717) is 30.0 Å². The molecule has 1 fully saturated rings. The lowest BCUT2D eigenvalue weighted by Gasteiger charge is -2.36. The van der Waals surface area contributed by atoms with Gasteiger partial charge in [0.2, 0.25) is 0 Å². The van der Waals surface area contributed by atoms with Crippen molar-refractivity contribution in [3.05, 3.63) is 29.8 Å². The van der Waals surface area contributed by atoms with E-state index in [2.05, 4.69) is 20.8 Å². The minimum absolute atomic E-state index is 0.246. The predicted octanol–water partition coefficient (Wildman–Crippen LogP) is 4.52. The van der Waals surface area contributed by atoms with Crippen molar-refractivity contribution in [2.24, 2.45) is 23.7 Å². The highest BCUT2D eigenvalue weighted by molar-refractivity contribution is 5.83. The molecule has 2 nitrogen and oxygen atoms in total. The number of methoxy groups -OCH3 is 1. The van der Waals surface area contributed by atoms with Crippen LogP contribution in [-0.4, -0.2) is 12.9 Å². The normalized spacial score (nSPS) is 25.9. The van der Waals surface area contributed by atoms with E-state index in [1.807, 2.05) is 24.3 Å². The van der Waals surface area contributed by atoms with Crippen LogP contribution >= 0.6 is 0 Å². The van der Waals surface area contributed by atoms with Crippen LogP contribution in [0.15, 0.2) is 24.3 Å². The van der Waals surface area contributed by atoms with Gasteiger partial charge in [-0.05, 0) is 48.3 Å². The molecular weight excluding hydrogens is 260 g/mol. The number of carbonyl (C=O) groups excluding carboxylic acids is 1. The van der Waals surface area contributed by atoms with E-state index < -0.39 is 0 Å². The lowest BCUT2D eigenvalue weighted by Crippen LogP contribution is -2.34. The smallest absolute Gasteiger partial charge is 0.140 e. The Bertz CT molecular complexity index is 461. The Kier molecular flexibility index (Phi) is 5.44. The van der Waals surface area contributed by atoms with Gasteiger partial charge >= 0.3 is 0 Å². The van der Waals surface area contributed by atoms with E-state index >= 15 is 0 Å². The average molecular weight is 288 g/mol. The molecule has 0 radical (unpaired) electrons. The number of Topliss-reactive ketones (excluding diaryl/α,β-unsaturated/α-hetero) is 1. The predicted molar refractivity (Wildman–Crippen MR) is 86.5 cm³/mol. The van der Waals surface area contributed by atoms with Gasteiger partial charge in [0.05, 0.1) is 7.11 Å². The number of hydrogen-bond donors (Lipinski definition) is 0. The van der Waals surface area contributed by atoms with Crippen molar-refractivity contribution in [1.29, 1.82) is 0 Å². The van der Waals surface area contributed by atoms with Gasteiger partial charge in [-0.25, -0.2) is 0 Å². The number of rotatable bonds is 5. The van der Waals surface area contributed by atoms with Crippen molar-refractivity contribution in [2.75, 3.05) is 7.11 Å². The maximum absolute atomic E-state index is 12.8. The molecule has 0 bridgehead atoms. The van der Waals surface area contributed by atoms with Crippen LogP contribution in [0.5, 0.6) is 5.75 Å². The van der Waals surface area contributed by atoms with Crippen molar-refractivity contribution in [3.63, 3.8) is 0 Å². The summed E-state index contributed by atoms with van der Waals surface area (Å²) in [5.41, 5.74) is 1.10. The molecule has 0 N–H and O–H groups in total. The van der Waals surface area contributed by atoms with Crippen LogP contribution in [0.1, 0.15) is 45.6 Å². The molecule has 2 rings (SSSR count). The number of benzene rings is 1. The number of ether oxygens (including phenoxy) is 1. The fourth-order valence-corrected chi connectivity index (χ4v) is 3.65. The average Bonchev–Trinajstić information content (AvgIpc) is 2.47. The second kappa shape index (κ2) is 7.11. The van der Waals surface area contributed by atoms with E-state index in [4.69, 9.17) is 4.74 Å². The zero-order valence-corrected chi connectivity index (χ0v) is 13.8. The Morgan fingerprint density at radius 3 is 2.48 bits per heavy atom. The highest BCUT2D eigenvalue weighted by Gasteiger charge is 2.34. The SMILES string of the molecule is COc1ccc(CC(=O)C2CC(C)CCC2C(C)C)cc1. The first-order valence-electron chi connectivity index (χ1n) is 8.17. The van der Waals surface area contributed by atoms with Gasteiger partial charge in [0.25, 0.3) is 0 Å². The molecule has 0 spiro atoms. The second-order valence-electron chi connectivity index (χ2n) is 6.92. The summed E-state index contributed by atoms with van der Waals surface area (Å²) in [6, 6.07) is 7.89. The molecule has 0 saturated heterocycles. The van der Waals surface area contributed by atoms with E-state index in [1.54, 1.807) is 7.11 Å². The maximum Gasteiger partial charge on any atom is 0.140 e. The molecule has 0 aliphatic heterocycles. The molecular formula is C19H28O2. The summed E-state index contributed by atoms with van der Waals surface area (Å²) >= 11 is 0. The largest absolute Gasteiger partial charge is 0.497 e. The first kappa shape index (κ1) is 16.1. The van der Waals surface area contributed by atoms with Gasteiger partial charge in [-0.2, -0.15) is 0 Å². The summed E-state index contributed by atoms with van der Waals surface area (Å²) in [5.74, 6) is 3.36. The zero-order valence-electron chi connectivity index (χ0n) is 13.8. The third-order valence-corrected chi connectivity index (χ3v) is 4.97. The van der Waals surface area contributed by atoms with E-state index in [9.17, 15) is 4.79 Å². The summed E-state index contributed by atoms with van der Waals surface area (Å²) in [5, 5.41) is 0. The Balaban J connectivity index is 2.05. The van der Waals surface area contributed by atoms with E-state index in [-0.39, 0.29) is 5.92 Å². The maximum atomic E-state index is 12.8. The van der Waals surface area contributed by atoms with E-state index in [1.165, 1.54) is 12.8 Å². The molecule has 116 valence electrons. The summed E-state index contributed by atoms with van der Waals surface area (Å²) in [4.78, 5) is 12.8. The Hall–Kier alpha value is -1.31. The number of carbonyl (C=O) groups is 1. The van der Waals surface area contributed by atoms with Crippen molar-refractivity contribution in [3.8, 4) is 5.75 Å². The van der Waals surface area contributed by atoms with Crippen LogP contribution in [0.3, 0.4) is 0 Å². The van der Waals surface area contributed by atoms with Crippen molar-refractivity contribution < 1.29 is 9.53 Å². The Morgan fingerprint density at radius 1 is 1.24 bits per heavy atom. The molecule has 0 aromatic heterocycles. The van der Waals surface area contributed by atoms with Gasteiger partial charge in [-0.1, -0.05) is 39.3 Å². The lowest BCUT2D eigenvalue weighted by atomic mass is 9.68. The molecule has 2 heteroatoms. The van der Waals surface area contributed by atoms with Crippen LogP contribution < -0.4 is 4.74 Å². The summed E-state index contributed by atoms with van der Waals surface area (Å²) < 4.78 is 5.17. The molecule has 3 unspecified atom stereocenters. The van der Waals surface area contributed by atoms with Crippen molar-refractivity contribution in [2.45, 2.75) is 46.5 Å². The zero-order chi connectivity index (χ0) is 15.4. The summed E-state index contributed by atoms with van der Waals surface area (Å²) in [6.07, 6.45) is 4.11. The van der Waals surface area contributed by atoms with Gasteiger partial charge < -0.3 is 4.74 Å². The van der Waals surface area contributed by atoms with E-state index in [0.717, 1.165) is 17.7 Å². The molecule has 1 aromatic carbocycles. The molecule has 1 aliphatic rings. The topological polar surface area (TPSA) is 26.3 Å². The lowest BCUT2D eigenvalue weighted by molar-refractivity contribution is -0.126. The molecule has 0 amide bonds. The van der Waals surface area contributed by atoms with Gasteiger partial charge in [0, 0.05) is 12.3 Å². The first-order valence-corrected chi connectivity index (χ1v) is 8.17. The van der Waals surface area contributed by atoms with Gasteiger partial charge in [0.1, 0.15) is 11.5 Å². The summed E-state index contributed by atoms with van der Waals surface area (Å²) in [7, 11) is 1.66. The molecule has 0 heterocycles. The fourth-order valence-electron chi connectivity index (χ4n) is 3.65. The molecule has 1 aromatic rings. The van der Waals surface area contributed by atoms with Crippen LogP contribution in [0.2, 0.25) is 0 Å². The quantitative estimate of drug-likeness (QED) is 0.796. The molecule has 3 atom stereocenters. The highest BCUT2D eigenvalue weighted by Crippen LogP contribution is 2.38.